The minimum Gasteiger partial charge on any atom is -0.444 e. The fourth-order valence-corrected chi connectivity index (χ4v) is 3.46. The van der Waals surface area contributed by atoms with Crippen LogP contribution in [0.2, 0.25) is 0 Å². The Bertz CT molecular complexity index is 1020. The van der Waals surface area contributed by atoms with Gasteiger partial charge in [0.2, 0.25) is 0 Å². The normalized spacial score (nSPS) is 11.4. The second kappa shape index (κ2) is 7.84. The Hall–Kier alpha value is -2.80. The van der Waals surface area contributed by atoms with Gasteiger partial charge in [-0.1, -0.05) is 12.1 Å². The summed E-state index contributed by atoms with van der Waals surface area (Å²) < 4.78 is 6.10. The lowest BCUT2D eigenvalue weighted by Crippen LogP contribution is -2.33. The van der Waals surface area contributed by atoms with E-state index in [0.717, 1.165) is 10.3 Å². The highest BCUT2D eigenvalue weighted by atomic mass is 32.1. The van der Waals surface area contributed by atoms with Crippen molar-refractivity contribution in [3.8, 4) is 10.7 Å². The Morgan fingerprint density at radius 3 is 2.78 bits per heavy atom. The Labute approximate surface area is 161 Å². The van der Waals surface area contributed by atoms with E-state index < -0.39 is 11.7 Å². The summed E-state index contributed by atoms with van der Waals surface area (Å²) in [7, 11) is 0. The maximum atomic E-state index is 12.2. The van der Waals surface area contributed by atoms with Gasteiger partial charge in [-0.15, -0.1) is 11.3 Å². The molecule has 3 aromatic rings. The molecule has 140 valence electrons. The summed E-state index contributed by atoms with van der Waals surface area (Å²) in [6, 6.07) is 11.2. The molecule has 6 nitrogen and oxygen atoms in total. The Kier molecular flexibility index (Phi) is 5.51. The summed E-state index contributed by atoms with van der Waals surface area (Å²) >= 11 is 1.43. The molecule has 3 rings (SSSR count). The highest BCUT2D eigenvalue weighted by Gasteiger charge is 2.15. The third-order valence-corrected chi connectivity index (χ3v) is 4.72. The zero-order valence-electron chi connectivity index (χ0n) is 15.5. The Balaban J connectivity index is 1.73. The van der Waals surface area contributed by atoms with Gasteiger partial charge in [-0.05, 0) is 57.0 Å². The molecular weight excluding hydrogens is 362 g/mol. The summed E-state index contributed by atoms with van der Waals surface area (Å²) in [5.41, 5.74) is 0.869. The van der Waals surface area contributed by atoms with Crippen LogP contribution in [0, 0.1) is 0 Å². The molecular formula is C20H21N3O3S. The van der Waals surface area contributed by atoms with Crippen LogP contribution in [0.3, 0.4) is 0 Å². The average molecular weight is 383 g/mol. The minimum absolute atomic E-state index is 0.252. The number of fused-ring (bicyclic) bond motifs is 1. The molecule has 0 unspecified atom stereocenters. The first kappa shape index (κ1) is 19.0. The number of rotatable bonds is 4. The van der Waals surface area contributed by atoms with Crippen molar-refractivity contribution >= 4 is 27.5 Å². The number of hydrogen-bond acceptors (Lipinski definition) is 6. The second-order valence-corrected chi connectivity index (χ2v) is 8.08. The number of benzene rings is 1. The van der Waals surface area contributed by atoms with Gasteiger partial charge in [-0.25, -0.2) is 4.79 Å². The number of aromatic nitrogens is 2. The first-order chi connectivity index (χ1) is 12.8. The van der Waals surface area contributed by atoms with E-state index in [1.54, 1.807) is 12.3 Å². The van der Waals surface area contributed by atoms with Gasteiger partial charge in [-0.3, -0.25) is 9.78 Å². The quantitative estimate of drug-likeness (QED) is 0.741. The lowest BCUT2D eigenvalue weighted by molar-refractivity contribution is 0.0528. The molecule has 0 radical (unpaired) electrons. The molecule has 2 aromatic heterocycles. The molecule has 1 N–H and O–H groups in total. The van der Waals surface area contributed by atoms with Crippen molar-refractivity contribution < 1.29 is 9.53 Å². The first-order valence-corrected chi connectivity index (χ1v) is 9.45. The summed E-state index contributed by atoms with van der Waals surface area (Å²) in [6.45, 7) is 5.91. The van der Waals surface area contributed by atoms with Crippen molar-refractivity contribution in [2.24, 2.45) is 0 Å². The van der Waals surface area contributed by atoms with Gasteiger partial charge in [0.1, 0.15) is 10.6 Å². The van der Waals surface area contributed by atoms with Crippen LogP contribution in [0.4, 0.5) is 4.79 Å². The van der Waals surface area contributed by atoms with Gasteiger partial charge in [0, 0.05) is 17.4 Å². The van der Waals surface area contributed by atoms with Crippen LogP contribution in [0.5, 0.6) is 0 Å². The zero-order chi connectivity index (χ0) is 19.4. The number of nitrogens with one attached hydrogen (secondary N) is 1. The number of amides is 1. The summed E-state index contributed by atoms with van der Waals surface area (Å²) in [6.07, 6.45) is 1.87. The van der Waals surface area contributed by atoms with E-state index in [1.165, 1.54) is 11.3 Å². The summed E-state index contributed by atoms with van der Waals surface area (Å²) in [5.74, 6) is 0. The van der Waals surface area contributed by atoms with Gasteiger partial charge in [0.15, 0.2) is 0 Å². The lowest BCUT2D eigenvalue weighted by Gasteiger charge is -2.19. The standard InChI is InChI=1S/C20H21N3O3S/c1-20(2,3)26-19(25)22-11-9-13-8-10-21-15(12-13)18-23-17(24)14-6-4-5-7-16(14)27-18/h4-8,10,12H,9,11H2,1-3H3,(H,22,25). The zero-order valence-corrected chi connectivity index (χ0v) is 16.3. The third kappa shape index (κ3) is 5.10. The fraction of sp³-hybridized carbons (Fsp3) is 0.300. The van der Waals surface area contributed by atoms with Crippen molar-refractivity contribution in [3.05, 3.63) is 58.5 Å². The number of hydrogen-bond donors (Lipinski definition) is 1. The first-order valence-electron chi connectivity index (χ1n) is 8.64. The van der Waals surface area contributed by atoms with Crippen molar-refractivity contribution in [1.29, 1.82) is 0 Å². The molecule has 0 saturated carbocycles. The van der Waals surface area contributed by atoms with Crippen molar-refractivity contribution in [2.45, 2.75) is 32.8 Å². The van der Waals surface area contributed by atoms with Gasteiger partial charge < -0.3 is 10.1 Å². The topological polar surface area (TPSA) is 81.2 Å². The molecule has 0 saturated heterocycles. The molecule has 0 aliphatic heterocycles. The van der Waals surface area contributed by atoms with Gasteiger partial charge in [-0.2, -0.15) is 4.98 Å². The number of pyridine rings is 1. The minimum atomic E-state index is -0.521. The maximum absolute atomic E-state index is 12.2. The molecule has 0 spiro atoms. The smallest absolute Gasteiger partial charge is 0.407 e. The van der Waals surface area contributed by atoms with Crippen molar-refractivity contribution in [1.82, 2.24) is 15.3 Å². The van der Waals surface area contributed by atoms with Crippen molar-refractivity contribution in [3.63, 3.8) is 0 Å². The molecule has 0 aliphatic rings. The van der Waals surface area contributed by atoms with E-state index in [0.29, 0.717) is 29.1 Å². The number of nitrogens with zero attached hydrogens (tertiary/aromatic N) is 2. The molecule has 0 bridgehead atoms. The summed E-state index contributed by atoms with van der Waals surface area (Å²) in [4.78, 5) is 32.5. The monoisotopic (exact) mass is 383 g/mol. The molecule has 7 heteroatoms. The van der Waals surface area contributed by atoms with Crippen molar-refractivity contribution in [2.75, 3.05) is 6.54 Å². The van der Waals surface area contributed by atoms with Crippen LogP contribution in [-0.2, 0) is 11.2 Å². The third-order valence-electron chi connectivity index (χ3n) is 3.65. The van der Waals surface area contributed by atoms with E-state index in [1.807, 2.05) is 51.1 Å². The highest BCUT2D eigenvalue weighted by molar-refractivity contribution is 7.21. The lowest BCUT2D eigenvalue weighted by atomic mass is 10.1. The number of carbonyl (C=O) groups is 1. The number of ether oxygens (including phenoxy) is 1. The molecule has 1 aromatic carbocycles. The average Bonchev–Trinajstić information content (AvgIpc) is 2.60. The predicted molar refractivity (Wildman–Crippen MR) is 107 cm³/mol. The highest BCUT2D eigenvalue weighted by Crippen LogP contribution is 2.24. The molecule has 2 heterocycles. The van der Waals surface area contributed by atoms with Gasteiger partial charge in [0.25, 0.3) is 5.56 Å². The Morgan fingerprint density at radius 2 is 2.00 bits per heavy atom. The van der Waals surface area contributed by atoms with E-state index in [4.69, 9.17) is 4.74 Å². The van der Waals surface area contributed by atoms with Crippen LogP contribution in [0.15, 0.2) is 47.4 Å². The molecule has 0 aliphatic carbocycles. The predicted octanol–water partition coefficient (Wildman–Crippen LogP) is 3.79. The number of carbonyl (C=O) groups excluding carboxylic acids is 1. The van der Waals surface area contributed by atoms with Crippen LogP contribution >= 0.6 is 11.3 Å². The van der Waals surface area contributed by atoms with Gasteiger partial charge >= 0.3 is 6.09 Å². The second-order valence-electron chi connectivity index (χ2n) is 7.05. The van der Waals surface area contributed by atoms with Gasteiger partial charge in [0.05, 0.1) is 11.1 Å². The number of alkyl carbamates (subject to hydrolysis) is 1. The summed E-state index contributed by atoms with van der Waals surface area (Å²) in [5, 5.41) is 3.93. The van der Waals surface area contributed by atoms with Crippen LogP contribution in [0.25, 0.3) is 20.8 Å². The van der Waals surface area contributed by atoms with E-state index in [2.05, 4.69) is 15.3 Å². The van der Waals surface area contributed by atoms with E-state index in [9.17, 15) is 9.59 Å². The largest absolute Gasteiger partial charge is 0.444 e. The fourth-order valence-electron chi connectivity index (χ4n) is 2.49. The molecule has 27 heavy (non-hydrogen) atoms. The molecule has 1 amide bonds. The van der Waals surface area contributed by atoms with Crippen LogP contribution in [-0.4, -0.2) is 28.2 Å². The SMILES string of the molecule is CC(C)(C)OC(=O)NCCc1ccnc(-c2nc(=O)c3ccccc3s2)c1. The van der Waals surface area contributed by atoms with E-state index in [-0.39, 0.29) is 5.56 Å². The maximum Gasteiger partial charge on any atom is 0.407 e. The molecule has 0 atom stereocenters. The van der Waals surface area contributed by atoms with E-state index >= 15 is 0 Å². The Morgan fingerprint density at radius 1 is 1.22 bits per heavy atom. The molecule has 0 fully saturated rings. The van der Waals surface area contributed by atoms with Crippen LogP contribution in [0.1, 0.15) is 26.3 Å². The van der Waals surface area contributed by atoms with Crippen LogP contribution < -0.4 is 10.9 Å².